The molecular formula is C17H17BrN2O. The molecule has 108 valence electrons. The second-order valence-electron chi connectivity index (χ2n) is 5.49. The Kier molecular flexibility index (Phi) is 4.06. The Morgan fingerprint density at radius 3 is 2.86 bits per heavy atom. The number of nitrogens with one attached hydrogen (secondary N) is 1. The Balaban J connectivity index is 1.62. The van der Waals surface area contributed by atoms with Crippen LogP contribution in [0.25, 0.3) is 0 Å². The van der Waals surface area contributed by atoms with Crippen LogP contribution in [0.4, 0.5) is 0 Å². The summed E-state index contributed by atoms with van der Waals surface area (Å²) in [5.74, 6) is 0.552. The standard InChI is InChI=1S/C17H17BrN2O/c1-11(12-5-4-8-19-10-12)20-17(21)15-9-14(15)13-6-2-3-7-16(13)18/h2-8,10-11,14-15H,9H2,1H3,(H,20,21)/t11-,14-,15-/m0/s1. The van der Waals surface area contributed by atoms with E-state index in [9.17, 15) is 4.79 Å². The smallest absolute Gasteiger partial charge is 0.224 e. The average Bonchev–Trinajstić information content (AvgIpc) is 3.29. The predicted molar refractivity (Wildman–Crippen MR) is 85.8 cm³/mol. The molecule has 1 N–H and O–H groups in total. The van der Waals surface area contributed by atoms with Crippen LogP contribution >= 0.6 is 15.9 Å². The minimum atomic E-state index is -0.00772. The summed E-state index contributed by atoms with van der Waals surface area (Å²) in [7, 11) is 0. The fraction of sp³-hybridized carbons (Fsp3) is 0.294. The number of amides is 1. The quantitative estimate of drug-likeness (QED) is 0.915. The Morgan fingerprint density at radius 2 is 2.14 bits per heavy atom. The van der Waals surface area contributed by atoms with E-state index in [2.05, 4.69) is 32.3 Å². The Hall–Kier alpha value is -1.68. The Bertz CT molecular complexity index is 644. The molecule has 1 fully saturated rings. The number of carbonyl (C=O) groups excluding carboxylic acids is 1. The van der Waals surface area contributed by atoms with Crippen molar-refractivity contribution in [1.82, 2.24) is 10.3 Å². The summed E-state index contributed by atoms with van der Waals surface area (Å²) in [6.07, 6.45) is 4.46. The highest BCUT2D eigenvalue weighted by Gasteiger charge is 2.44. The van der Waals surface area contributed by atoms with Gasteiger partial charge in [-0.05, 0) is 42.5 Å². The van der Waals surface area contributed by atoms with E-state index in [0.717, 1.165) is 16.5 Å². The van der Waals surface area contributed by atoms with Gasteiger partial charge in [-0.1, -0.05) is 40.2 Å². The summed E-state index contributed by atoms with van der Waals surface area (Å²) in [6.45, 7) is 1.99. The minimum Gasteiger partial charge on any atom is -0.349 e. The van der Waals surface area contributed by atoms with Crippen LogP contribution in [0.2, 0.25) is 0 Å². The number of hydrogen-bond acceptors (Lipinski definition) is 2. The van der Waals surface area contributed by atoms with E-state index in [1.807, 2.05) is 37.3 Å². The van der Waals surface area contributed by atoms with Gasteiger partial charge in [0.2, 0.25) is 5.91 Å². The molecule has 3 nitrogen and oxygen atoms in total. The molecule has 1 aromatic heterocycles. The monoisotopic (exact) mass is 344 g/mol. The number of aromatic nitrogens is 1. The number of carbonyl (C=O) groups is 1. The topological polar surface area (TPSA) is 42.0 Å². The lowest BCUT2D eigenvalue weighted by molar-refractivity contribution is -0.123. The average molecular weight is 345 g/mol. The van der Waals surface area contributed by atoms with Gasteiger partial charge in [-0.2, -0.15) is 0 Å². The van der Waals surface area contributed by atoms with Crippen molar-refractivity contribution in [3.8, 4) is 0 Å². The lowest BCUT2D eigenvalue weighted by Crippen LogP contribution is -2.28. The molecule has 21 heavy (non-hydrogen) atoms. The van der Waals surface area contributed by atoms with Gasteiger partial charge in [0.1, 0.15) is 0 Å². The lowest BCUT2D eigenvalue weighted by atomic mass is 10.1. The van der Waals surface area contributed by atoms with Gasteiger partial charge in [0.05, 0.1) is 6.04 Å². The normalized spacial score (nSPS) is 21.6. The van der Waals surface area contributed by atoms with Crippen LogP contribution in [0.1, 0.15) is 36.4 Å². The first kappa shape index (κ1) is 14.3. The molecule has 0 saturated heterocycles. The molecule has 0 aliphatic heterocycles. The third kappa shape index (κ3) is 3.16. The van der Waals surface area contributed by atoms with Crippen molar-refractivity contribution in [2.45, 2.75) is 25.3 Å². The molecule has 1 heterocycles. The Labute approximate surface area is 132 Å². The molecule has 4 heteroatoms. The molecule has 3 rings (SSSR count). The summed E-state index contributed by atoms with van der Waals surface area (Å²) >= 11 is 3.56. The highest BCUT2D eigenvalue weighted by molar-refractivity contribution is 9.10. The van der Waals surface area contributed by atoms with Gasteiger partial charge in [0.15, 0.2) is 0 Å². The molecule has 1 aliphatic carbocycles. The van der Waals surface area contributed by atoms with Crippen molar-refractivity contribution < 1.29 is 4.79 Å². The third-order valence-corrected chi connectivity index (χ3v) is 4.70. The van der Waals surface area contributed by atoms with E-state index < -0.39 is 0 Å². The van der Waals surface area contributed by atoms with Crippen LogP contribution in [0.3, 0.4) is 0 Å². The molecule has 1 amide bonds. The number of halogens is 1. The van der Waals surface area contributed by atoms with Gasteiger partial charge in [-0.15, -0.1) is 0 Å². The van der Waals surface area contributed by atoms with Crippen LogP contribution in [-0.2, 0) is 4.79 Å². The maximum absolute atomic E-state index is 12.3. The Morgan fingerprint density at radius 1 is 1.33 bits per heavy atom. The zero-order valence-electron chi connectivity index (χ0n) is 11.8. The molecule has 0 unspecified atom stereocenters. The number of benzene rings is 1. The number of nitrogens with zero attached hydrogens (tertiary/aromatic N) is 1. The molecule has 0 radical (unpaired) electrons. The van der Waals surface area contributed by atoms with E-state index in [4.69, 9.17) is 0 Å². The SMILES string of the molecule is C[C@H](NC(=O)[C@H]1C[C@H]1c1ccccc1Br)c1cccnc1. The van der Waals surface area contributed by atoms with Gasteiger partial charge >= 0.3 is 0 Å². The molecule has 0 bridgehead atoms. The molecular weight excluding hydrogens is 328 g/mol. The predicted octanol–water partition coefficient (Wildman–Crippen LogP) is 3.83. The van der Waals surface area contributed by atoms with E-state index in [1.54, 1.807) is 12.4 Å². The van der Waals surface area contributed by atoms with Gasteiger partial charge in [-0.3, -0.25) is 9.78 Å². The van der Waals surface area contributed by atoms with Crippen LogP contribution < -0.4 is 5.32 Å². The van der Waals surface area contributed by atoms with Crippen LogP contribution in [0.5, 0.6) is 0 Å². The minimum absolute atomic E-state index is 0.00772. The van der Waals surface area contributed by atoms with E-state index in [0.29, 0.717) is 5.92 Å². The maximum atomic E-state index is 12.3. The number of rotatable bonds is 4. The maximum Gasteiger partial charge on any atom is 0.224 e. The zero-order valence-corrected chi connectivity index (χ0v) is 13.4. The van der Waals surface area contributed by atoms with Crippen molar-refractivity contribution in [3.05, 3.63) is 64.4 Å². The summed E-state index contributed by atoms with van der Waals surface area (Å²) in [4.78, 5) is 16.4. The van der Waals surface area contributed by atoms with Gasteiger partial charge < -0.3 is 5.32 Å². The van der Waals surface area contributed by atoms with Crippen LogP contribution in [0, 0.1) is 5.92 Å². The van der Waals surface area contributed by atoms with Gasteiger partial charge in [0.25, 0.3) is 0 Å². The zero-order chi connectivity index (χ0) is 14.8. The second-order valence-corrected chi connectivity index (χ2v) is 6.34. The van der Waals surface area contributed by atoms with Crippen LogP contribution in [0.15, 0.2) is 53.3 Å². The van der Waals surface area contributed by atoms with Crippen molar-refractivity contribution in [1.29, 1.82) is 0 Å². The lowest BCUT2D eigenvalue weighted by Gasteiger charge is -2.14. The van der Waals surface area contributed by atoms with Crippen molar-refractivity contribution in [3.63, 3.8) is 0 Å². The van der Waals surface area contributed by atoms with E-state index >= 15 is 0 Å². The highest BCUT2D eigenvalue weighted by atomic mass is 79.9. The fourth-order valence-corrected chi connectivity index (χ4v) is 3.22. The molecule has 3 atom stereocenters. The third-order valence-electron chi connectivity index (χ3n) is 3.98. The molecule has 2 aromatic rings. The molecule has 0 spiro atoms. The molecule has 1 saturated carbocycles. The highest BCUT2D eigenvalue weighted by Crippen LogP contribution is 2.49. The summed E-state index contributed by atoms with van der Waals surface area (Å²) in [5.41, 5.74) is 2.26. The first-order valence-electron chi connectivity index (χ1n) is 7.11. The van der Waals surface area contributed by atoms with Crippen molar-refractivity contribution in [2.24, 2.45) is 5.92 Å². The van der Waals surface area contributed by atoms with E-state index in [-0.39, 0.29) is 17.9 Å². The molecule has 1 aromatic carbocycles. The molecule has 1 aliphatic rings. The number of pyridine rings is 1. The second kappa shape index (κ2) is 5.98. The van der Waals surface area contributed by atoms with Crippen molar-refractivity contribution in [2.75, 3.05) is 0 Å². The summed E-state index contributed by atoms with van der Waals surface area (Å²) in [5, 5.41) is 3.08. The first-order chi connectivity index (χ1) is 10.2. The van der Waals surface area contributed by atoms with Gasteiger partial charge in [0, 0.05) is 22.8 Å². The largest absolute Gasteiger partial charge is 0.349 e. The van der Waals surface area contributed by atoms with Crippen molar-refractivity contribution >= 4 is 21.8 Å². The summed E-state index contributed by atoms with van der Waals surface area (Å²) in [6, 6.07) is 12.0. The van der Waals surface area contributed by atoms with Gasteiger partial charge in [-0.25, -0.2) is 0 Å². The van der Waals surface area contributed by atoms with Crippen LogP contribution in [-0.4, -0.2) is 10.9 Å². The van der Waals surface area contributed by atoms with E-state index in [1.165, 1.54) is 5.56 Å². The fourth-order valence-electron chi connectivity index (χ4n) is 2.64. The number of hydrogen-bond donors (Lipinski definition) is 1. The first-order valence-corrected chi connectivity index (χ1v) is 7.91. The summed E-state index contributed by atoms with van der Waals surface area (Å²) < 4.78 is 1.09.